The predicted octanol–water partition coefficient (Wildman–Crippen LogP) is 1.88. The number of aliphatic hydroxyl groups excluding tert-OH is 2. The van der Waals surface area contributed by atoms with Crippen molar-refractivity contribution in [1.82, 2.24) is 24.6 Å². The molecule has 0 radical (unpaired) electrons. The van der Waals surface area contributed by atoms with Gasteiger partial charge >= 0.3 is 5.97 Å². The van der Waals surface area contributed by atoms with E-state index in [0.717, 1.165) is 35.9 Å². The number of hydrogen-bond donors (Lipinski definition) is 4. The normalized spacial score (nSPS) is 14.4. The molecule has 0 aliphatic carbocycles. The molecule has 1 aliphatic rings. The van der Waals surface area contributed by atoms with Crippen molar-refractivity contribution in [2.45, 2.75) is 65.0 Å². The van der Waals surface area contributed by atoms with E-state index >= 15 is 0 Å². The smallest absolute Gasteiger partial charge is 0.335 e. The first-order valence-electron chi connectivity index (χ1n) is 13.5. The fourth-order valence-corrected chi connectivity index (χ4v) is 4.20. The SMILES string of the molecule is CC(=O)[C@H](O)[C@@H](O)C(=O)O.Cc1cc(-c2ccnc(Nc3cnn(C)c3)n2)ccc1CCC(=O)N1CC(OC(C)C)C1. The van der Waals surface area contributed by atoms with E-state index in [1.165, 1.54) is 5.56 Å². The van der Waals surface area contributed by atoms with Crippen molar-refractivity contribution in [1.29, 1.82) is 0 Å². The fraction of sp³-hybridized carbons (Fsp3) is 0.448. The van der Waals surface area contributed by atoms with Crippen LogP contribution in [0.3, 0.4) is 0 Å². The summed E-state index contributed by atoms with van der Waals surface area (Å²) in [7, 11) is 1.86. The highest BCUT2D eigenvalue weighted by molar-refractivity contribution is 5.87. The highest BCUT2D eigenvalue weighted by Gasteiger charge is 2.31. The number of rotatable bonds is 11. The Morgan fingerprint density at radius 1 is 1.14 bits per heavy atom. The molecule has 3 heterocycles. The van der Waals surface area contributed by atoms with Gasteiger partial charge in [0.1, 0.15) is 6.10 Å². The summed E-state index contributed by atoms with van der Waals surface area (Å²) >= 11 is 0. The number of Topliss-reactive ketones (excluding diaryl/α,β-unsaturated/α-hetero) is 1. The van der Waals surface area contributed by atoms with Crippen LogP contribution >= 0.6 is 0 Å². The molecule has 2 aromatic heterocycles. The number of anilines is 2. The molecule has 0 spiro atoms. The Bertz CT molecular complexity index is 1370. The maximum absolute atomic E-state index is 12.5. The molecule has 42 heavy (non-hydrogen) atoms. The minimum atomic E-state index is -2.02. The van der Waals surface area contributed by atoms with Crippen LogP contribution < -0.4 is 5.32 Å². The molecular weight excluding hydrogens is 544 g/mol. The zero-order chi connectivity index (χ0) is 31.0. The molecule has 4 N–H and O–H groups in total. The zero-order valence-electron chi connectivity index (χ0n) is 24.4. The molecule has 13 heteroatoms. The van der Waals surface area contributed by atoms with Crippen LogP contribution in [0.2, 0.25) is 0 Å². The maximum atomic E-state index is 12.5. The van der Waals surface area contributed by atoms with Crippen molar-refractivity contribution in [3.05, 3.63) is 54.0 Å². The number of carboxylic acids is 1. The molecule has 3 aromatic rings. The zero-order valence-corrected chi connectivity index (χ0v) is 24.4. The first kappa shape index (κ1) is 32.3. The Hall–Kier alpha value is -4.20. The lowest BCUT2D eigenvalue weighted by Gasteiger charge is -2.40. The Labute approximate surface area is 244 Å². The van der Waals surface area contributed by atoms with Crippen molar-refractivity contribution in [3.63, 3.8) is 0 Å². The van der Waals surface area contributed by atoms with Crippen molar-refractivity contribution >= 4 is 29.3 Å². The van der Waals surface area contributed by atoms with Crippen molar-refractivity contribution < 1.29 is 34.4 Å². The average molecular weight is 583 g/mol. The van der Waals surface area contributed by atoms with Crippen LogP contribution in [-0.4, -0.2) is 95.1 Å². The number of aromatic nitrogens is 4. The standard InChI is InChI=1S/C24H30N6O2.C5H8O5/c1-16(2)32-21-14-30(15-21)23(31)8-7-18-5-6-19(11-17(18)3)22-9-10-25-24(28-22)27-20-12-26-29(4)13-20;1-2(6)3(7)4(8)5(9)10/h5-6,9-13,16,21H,7-8,14-15H2,1-4H3,(H,25,27,28);3-4,7-8H,1H3,(H,9,10)/t;3-,4+/m.0/s1. The summed E-state index contributed by atoms with van der Waals surface area (Å²) < 4.78 is 7.45. The predicted molar refractivity (Wildman–Crippen MR) is 154 cm³/mol. The average Bonchev–Trinajstić information content (AvgIpc) is 3.33. The highest BCUT2D eigenvalue weighted by atomic mass is 16.5. The molecule has 1 fully saturated rings. The number of aryl methyl sites for hydroxylation is 3. The lowest BCUT2D eigenvalue weighted by atomic mass is 9.99. The fourth-order valence-electron chi connectivity index (χ4n) is 4.20. The summed E-state index contributed by atoms with van der Waals surface area (Å²) in [6.45, 7) is 8.54. The molecule has 226 valence electrons. The van der Waals surface area contributed by atoms with E-state index in [0.29, 0.717) is 25.5 Å². The number of nitrogens with one attached hydrogen (secondary N) is 1. The molecule has 13 nitrogen and oxygen atoms in total. The molecule has 1 aromatic carbocycles. The molecule has 1 amide bonds. The quantitative estimate of drug-likeness (QED) is 0.259. The number of benzene rings is 1. The number of aliphatic carboxylic acids is 1. The summed E-state index contributed by atoms with van der Waals surface area (Å²) in [5.74, 6) is -1.66. The number of ether oxygens (including phenoxy) is 1. The number of carbonyl (C=O) groups is 3. The summed E-state index contributed by atoms with van der Waals surface area (Å²) in [4.78, 5) is 43.4. The number of aliphatic hydroxyl groups is 2. The summed E-state index contributed by atoms with van der Waals surface area (Å²) in [5.41, 5.74) is 5.03. The second-order valence-corrected chi connectivity index (χ2v) is 10.4. The lowest BCUT2D eigenvalue weighted by Crippen LogP contribution is -2.55. The molecule has 4 rings (SSSR count). The first-order chi connectivity index (χ1) is 19.8. The number of carboxylic acid groups (broad SMARTS) is 1. The Balaban J connectivity index is 0.000000416. The topological polar surface area (TPSA) is 180 Å². The first-order valence-corrected chi connectivity index (χ1v) is 13.5. The minimum Gasteiger partial charge on any atom is -0.479 e. The van der Waals surface area contributed by atoms with E-state index in [-0.39, 0.29) is 18.1 Å². The summed E-state index contributed by atoms with van der Waals surface area (Å²) in [6.07, 6.45) is 3.14. The molecule has 0 bridgehead atoms. The van der Waals surface area contributed by atoms with E-state index < -0.39 is 24.0 Å². The van der Waals surface area contributed by atoms with E-state index in [1.54, 1.807) is 17.1 Å². The van der Waals surface area contributed by atoms with Gasteiger partial charge in [0.25, 0.3) is 0 Å². The number of hydrogen-bond acceptors (Lipinski definition) is 10. The van der Waals surface area contributed by atoms with E-state index in [1.807, 2.05) is 38.1 Å². The Morgan fingerprint density at radius 3 is 2.40 bits per heavy atom. The van der Waals surface area contributed by atoms with Gasteiger partial charge in [-0.15, -0.1) is 0 Å². The molecule has 1 saturated heterocycles. The highest BCUT2D eigenvalue weighted by Crippen LogP contribution is 2.24. The van der Waals surface area contributed by atoms with Gasteiger partial charge in [0.05, 0.1) is 29.8 Å². The summed E-state index contributed by atoms with van der Waals surface area (Å²) in [6, 6.07) is 8.16. The van der Waals surface area contributed by atoms with Gasteiger partial charge in [0, 0.05) is 44.5 Å². The second kappa shape index (κ2) is 14.6. The second-order valence-electron chi connectivity index (χ2n) is 10.4. The van der Waals surface area contributed by atoms with Gasteiger partial charge in [-0.25, -0.2) is 14.8 Å². The van der Waals surface area contributed by atoms with Crippen LogP contribution in [0.25, 0.3) is 11.3 Å². The van der Waals surface area contributed by atoms with E-state index in [9.17, 15) is 14.4 Å². The molecule has 1 aliphatic heterocycles. The van der Waals surface area contributed by atoms with Gasteiger partial charge < -0.3 is 30.3 Å². The number of amides is 1. The van der Waals surface area contributed by atoms with Crippen LogP contribution in [-0.2, 0) is 32.6 Å². The minimum absolute atomic E-state index is 0.186. The van der Waals surface area contributed by atoms with Gasteiger partial charge in [-0.2, -0.15) is 5.10 Å². The van der Waals surface area contributed by atoms with Crippen LogP contribution in [0.1, 0.15) is 38.3 Å². The molecule has 0 unspecified atom stereocenters. The van der Waals surface area contributed by atoms with Gasteiger partial charge in [0.2, 0.25) is 11.9 Å². The third-order valence-corrected chi connectivity index (χ3v) is 6.50. The number of carbonyl (C=O) groups excluding carboxylic acids is 2. The van der Waals surface area contributed by atoms with Crippen LogP contribution in [0.5, 0.6) is 0 Å². The van der Waals surface area contributed by atoms with Crippen LogP contribution in [0, 0.1) is 6.92 Å². The van der Waals surface area contributed by atoms with E-state index in [4.69, 9.17) is 20.1 Å². The van der Waals surface area contributed by atoms with Gasteiger partial charge in [0.15, 0.2) is 11.9 Å². The third kappa shape index (κ3) is 9.16. The van der Waals surface area contributed by atoms with Crippen LogP contribution in [0.4, 0.5) is 11.6 Å². The number of nitrogens with zero attached hydrogens (tertiary/aromatic N) is 5. The lowest BCUT2D eigenvalue weighted by molar-refractivity contribution is -0.156. The number of likely N-dealkylation sites (tertiary alicyclic amines) is 1. The van der Waals surface area contributed by atoms with Crippen molar-refractivity contribution in [2.75, 3.05) is 18.4 Å². The monoisotopic (exact) mass is 582 g/mol. The maximum Gasteiger partial charge on any atom is 0.335 e. The number of ketones is 1. The Morgan fingerprint density at radius 2 is 1.86 bits per heavy atom. The Kier molecular flexibility index (Phi) is 11.2. The largest absolute Gasteiger partial charge is 0.479 e. The van der Waals surface area contributed by atoms with Gasteiger partial charge in [-0.05, 0) is 57.4 Å². The molecule has 2 atom stereocenters. The van der Waals surface area contributed by atoms with E-state index in [2.05, 4.69) is 45.5 Å². The summed E-state index contributed by atoms with van der Waals surface area (Å²) in [5, 5.41) is 32.4. The molecular formula is C29H38N6O7. The van der Waals surface area contributed by atoms with Crippen molar-refractivity contribution in [3.8, 4) is 11.3 Å². The van der Waals surface area contributed by atoms with Crippen molar-refractivity contribution in [2.24, 2.45) is 7.05 Å². The van der Waals surface area contributed by atoms with Gasteiger partial charge in [-0.1, -0.05) is 12.1 Å². The van der Waals surface area contributed by atoms with Gasteiger partial charge in [-0.3, -0.25) is 14.3 Å². The van der Waals surface area contributed by atoms with Crippen LogP contribution in [0.15, 0.2) is 42.9 Å². The molecule has 0 saturated carbocycles. The third-order valence-electron chi connectivity index (χ3n) is 6.50.